The molecular weight excluding hydrogens is 288 g/mol. The maximum atomic E-state index is 12.6. The molecule has 0 radical (unpaired) electrons. The Labute approximate surface area is 128 Å². The smallest absolute Gasteiger partial charge is 0.252 e. The van der Waals surface area contributed by atoms with Gasteiger partial charge >= 0.3 is 0 Å². The molecule has 3 rings (SSSR count). The van der Waals surface area contributed by atoms with Crippen LogP contribution in [-0.4, -0.2) is 54.1 Å². The Hall–Kier alpha value is -1.99. The molecule has 7 heteroatoms. The number of rotatable bonds is 3. The number of nitrogens with one attached hydrogen (secondary N) is 1. The average Bonchev–Trinajstić information content (AvgIpc) is 2.49. The summed E-state index contributed by atoms with van der Waals surface area (Å²) in [7, 11) is 0. The van der Waals surface area contributed by atoms with Gasteiger partial charge in [-0.05, 0) is 13.8 Å². The van der Waals surface area contributed by atoms with Gasteiger partial charge in [0.25, 0.3) is 5.91 Å². The van der Waals surface area contributed by atoms with Crippen molar-refractivity contribution in [2.45, 2.75) is 25.5 Å². The largest absolute Gasteiger partial charge is 0.486 e. The molecule has 1 amide bonds. The number of aliphatic hydroxyl groups is 2. The molecule has 0 fully saturated rings. The van der Waals surface area contributed by atoms with E-state index in [9.17, 15) is 9.90 Å². The third-order valence-electron chi connectivity index (χ3n) is 3.78. The van der Waals surface area contributed by atoms with E-state index in [0.29, 0.717) is 30.4 Å². The lowest BCUT2D eigenvalue weighted by atomic mass is 9.97. The van der Waals surface area contributed by atoms with E-state index >= 15 is 0 Å². The number of hydrogen-bond donors (Lipinski definition) is 3. The van der Waals surface area contributed by atoms with Gasteiger partial charge in [0.1, 0.15) is 18.8 Å². The Bertz CT molecular complexity index is 602. The molecule has 2 heterocycles. The van der Waals surface area contributed by atoms with Crippen LogP contribution in [0.2, 0.25) is 0 Å². The Balaban J connectivity index is 2.05. The molecule has 3 N–H and O–H groups in total. The molecule has 1 aromatic rings. The average molecular weight is 308 g/mol. The van der Waals surface area contributed by atoms with Gasteiger partial charge in [0.2, 0.25) is 0 Å². The minimum atomic E-state index is -1.00. The number of carbonyl (C=O) groups is 1. The van der Waals surface area contributed by atoms with Crippen LogP contribution >= 0.6 is 0 Å². The van der Waals surface area contributed by atoms with Crippen LogP contribution in [0.4, 0.5) is 11.4 Å². The summed E-state index contributed by atoms with van der Waals surface area (Å²) in [4.78, 5) is 14.1. The van der Waals surface area contributed by atoms with Crippen LogP contribution in [0.1, 0.15) is 13.8 Å². The van der Waals surface area contributed by atoms with Crippen LogP contribution in [0.5, 0.6) is 11.5 Å². The summed E-state index contributed by atoms with van der Waals surface area (Å²) in [5.74, 6) is 1.03. The van der Waals surface area contributed by atoms with Gasteiger partial charge in [-0.3, -0.25) is 4.79 Å². The molecule has 0 spiro atoms. The molecule has 0 saturated carbocycles. The van der Waals surface area contributed by atoms with Crippen molar-refractivity contribution >= 4 is 17.3 Å². The van der Waals surface area contributed by atoms with E-state index in [0.717, 1.165) is 5.69 Å². The summed E-state index contributed by atoms with van der Waals surface area (Å²) in [5, 5.41) is 22.0. The number of fused-ring (bicyclic) bond motifs is 2. The second-order valence-corrected chi connectivity index (χ2v) is 6.02. The van der Waals surface area contributed by atoms with Crippen molar-refractivity contribution in [3.05, 3.63) is 12.1 Å². The number of anilines is 2. The molecule has 2 aliphatic rings. The monoisotopic (exact) mass is 308 g/mol. The van der Waals surface area contributed by atoms with E-state index in [1.54, 1.807) is 26.0 Å². The first-order valence-corrected chi connectivity index (χ1v) is 7.25. The van der Waals surface area contributed by atoms with Crippen LogP contribution in [0.15, 0.2) is 12.1 Å². The minimum Gasteiger partial charge on any atom is -0.486 e. The van der Waals surface area contributed by atoms with Crippen LogP contribution < -0.4 is 19.7 Å². The third kappa shape index (κ3) is 2.46. The van der Waals surface area contributed by atoms with Gasteiger partial charge in [-0.25, -0.2) is 0 Å². The van der Waals surface area contributed by atoms with Crippen LogP contribution in [0, 0.1) is 0 Å². The normalized spacial score (nSPS) is 20.2. The zero-order valence-corrected chi connectivity index (χ0v) is 12.6. The minimum absolute atomic E-state index is 0.0209. The van der Waals surface area contributed by atoms with Gasteiger partial charge < -0.3 is 29.9 Å². The molecule has 1 atom stereocenters. The number of amides is 1. The third-order valence-corrected chi connectivity index (χ3v) is 3.78. The molecule has 0 aliphatic carbocycles. The summed E-state index contributed by atoms with van der Waals surface area (Å²) in [6, 6.07) is 3.53. The first-order chi connectivity index (χ1) is 10.4. The van der Waals surface area contributed by atoms with E-state index in [1.807, 2.05) is 0 Å². The number of hydrogen-bond acceptors (Lipinski definition) is 6. The molecule has 22 heavy (non-hydrogen) atoms. The highest BCUT2D eigenvalue weighted by Gasteiger charge is 2.40. The molecule has 0 aromatic heterocycles. The first-order valence-electron chi connectivity index (χ1n) is 7.25. The zero-order valence-electron chi connectivity index (χ0n) is 12.6. The summed E-state index contributed by atoms with van der Waals surface area (Å²) in [5.41, 5.74) is 0.534. The van der Waals surface area contributed by atoms with Crippen molar-refractivity contribution in [1.82, 2.24) is 0 Å². The molecule has 7 nitrogen and oxygen atoms in total. The summed E-state index contributed by atoms with van der Waals surface area (Å²) >= 11 is 0. The number of benzene rings is 1. The van der Waals surface area contributed by atoms with Crippen LogP contribution in [-0.2, 0) is 4.79 Å². The Morgan fingerprint density at radius 2 is 1.95 bits per heavy atom. The first kappa shape index (κ1) is 14.9. The Morgan fingerprint density at radius 3 is 2.59 bits per heavy atom. The van der Waals surface area contributed by atoms with E-state index in [2.05, 4.69) is 5.32 Å². The molecule has 2 aliphatic heterocycles. The van der Waals surface area contributed by atoms with Crippen molar-refractivity contribution in [2.75, 3.05) is 36.6 Å². The predicted octanol–water partition coefficient (Wildman–Crippen LogP) is 0.348. The molecule has 120 valence electrons. The van der Waals surface area contributed by atoms with Crippen molar-refractivity contribution in [1.29, 1.82) is 0 Å². The highest BCUT2D eigenvalue weighted by molar-refractivity contribution is 6.07. The quantitative estimate of drug-likeness (QED) is 0.746. The van der Waals surface area contributed by atoms with E-state index in [1.165, 1.54) is 4.90 Å². The van der Waals surface area contributed by atoms with Gasteiger partial charge in [-0.2, -0.15) is 0 Å². The molecule has 0 bridgehead atoms. The van der Waals surface area contributed by atoms with Gasteiger partial charge in [-0.1, -0.05) is 0 Å². The van der Waals surface area contributed by atoms with Crippen molar-refractivity contribution < 1.29 is 24.5 Å². The predicted molar refractivity (Wildman–Crippen MR) is 80.6 cm³/mol. The van der Waals surface area contributed by atoms with E-state index < -0.39 is 18.2 Å². The second kappa shape index (κ2) is 5.33. The molecule has 0 saturated heterocycles. The number of carbonyl (C=O) groups excluding carboxylic acids is 1. The van der Waals surface area contributed by atoms with Crippen molar-refractivity contribution in [3.8, 4) is 11.5 Å². The fourth-order valence-corrected chi connectivity index (χ4v) is 2.69. The van der Waals surface area contributed by atoms with E-state index in [4.69, 9.17) is 14.6 Å². The molecular formula is C15H20N2O5. The van der Waals surface area contributed by atoms with Gasteiger partial charge in [0, 0.05) is 12.1 Å². The lowest BCUT2D eigenvalue weighted by Crippen LogP contribution is -2.55. The highest BCUT2D eigenvalue weighted by atomic mass is 16.6. The van der Waals surface area contributed by atoms with Crippen molar-refractivity contribution in [2.24, 2.45) is 0 Å². The lowest BCUT2D eigenvalue weighted by molar-refractivity contribution is -0.122. The van der Waals surface area contributed by atoms with E-state index in [-0.39, 0.29) is 12.5 Å². The SMILES string of the molecule is CC1(C)Nc2cc3c(cc2N(CC(O)CO)C1=O)OCCO3. The summed E-state index contributed by atoms with van der Waals surface area (Å²) < 4.78 is 11.1. The van der Waals surface area contributed by atoms with Crippen molar-refractivity contribution in [3.63, 3.8) is 0 Å². The number of aliphatic hydroxyl groups excluding tert-OH is 2. The maximum absolute atomic E-state index is 12.6. The fourth-order valence-electron chi connectivity index (χ4n) is 2.69. The van der Waals surface area contributed by atoms with Crippen LogP contribution in [0.25, 0.3) is 0 Å². The second-order valence-electron chi connectivity index (χ2n) is 6.02. The number of β-amino-alcohol motifs (C(OH)–C–C–N with tert-alkyl or cyclic N) is 1. The summed E-state index contributed by atoms with van der Waals surface area (Å²) in [6.45, 7) is 4.10. The standard InChI is InChI=1S/C15H20N2O5/c1-15(2)14(20)17(7-9(19)8-18)11-6-13-12(5-10(11)16-15)21-3-4-22-13/h5-6,9,16,18-19H,3-4,7-8H2,1-2H3. The summed E-state index contributed by atoms with van der Waals surface area (Å²) in [6.07, 6.45) is -1.00. The fraction of sp³-hybridized carbons (Fsp3) is 0.533. The highest BCUT2D eigenvalue weighted by Crippen LogP contribution is 2.43. The zero-order chi connectivity index (χ0) is 15.9. The van der Waals surface area contributed by atoms with Gasteiger partial charge in [-0.15, -0.1) is 0 Å². The lowest BCUT2D eigenvalue weighted by Gasteiger charge is -2.41. The molecule has 1 unspecified atom stereocenters. The van der Waals surface area contributed by atoms with Gasteiger partial charge in [0.05, 0.1) is 30.6 Å². The number of ether oxygens (including phenoxy) is 2. The topological polar surface area (TPSA) is 91.3 Å². The number of nitrogens with zero attached hydrogens (tertiary/aromatic N) is 1. The van der Waals surface area contributed by atoms with Crippen LogP contribution in [0.3, 0.4) is 0 Å². The Morgan fingerprint density at radius 1 is 1.32 bits per heavy atom. The van der Waals surface area contributed by atoms with Gasteiger partial charge in [0.15, 0.2) is 11.5 Å². The molecule has 1 aromatic carbocycles. The Kier molecular flexibility index (Phi) is 3.62. The maximum Gasteiger partial charge on any atom is 0.252 e.